The number of aromatic nitrogens is 5. The van der Waals surface area contributed by atoms with Crippen LogP contribution in [0.3, 0.4) is 0 Å². The Hall–Kier alpha value is -2.74. The lowest BCUT2D eigenvalue weighted by molar-refractivity contribution is -0.0267. The Morgan fingerprint density at radius 2 is 2.36 bits per heavy atom. The van der Waals surface area contributed by atoms with Crippen molar-refractivity contribution in [3.8, 4) is 0 Å². The molecule has 0 aliphatic carbocycles. The van der Waals surface area contributed by atoms with Gasteiger partial charge in [0.15, 0.2) is 5.82 Å². The summed E-state index contributed by atoms with van der Waals surface area (Å²) in [6.45, 7) is 3.58. The first kappa shape index (κ1) is 15.8. The Kier molecular flexibility index (Phi) is 4.19. The van der Waals surface area contributed by atoms with Gasteiger partial charge in [-0.3, -0.25) is 9.89 Å². The predicted molar refractivity (Wildman–Crippen MR) is 90.2 cm³/mol. The number of carbonyl (C=O) groups is 1. The second kappa shape index (κ2) is 6.64. The third kappa shape index (κ3) is 3.12. The molecule has 1 saturated heterocycles. The highest BCUT2D eigenvalue weighted by Gasteiger charge is 2.28. The second-order valence-corrected chi connectivity index (χ2v) is 6.11. The summed E-state index contributed by atoms with van der Waals surface area (Å²) in [7, 11) is 0. The van der Waals surface area contributed by atoms with Gasteiger partial charge >= 0.3 is 0 Å². The largest absolute Gasteiger partial charge is 0.366 e. The van der Waals surface area contributed by atoms with Crippen molar-refractivity contribution in [2.24, 2.45) is 0 Å². The number of H-pyrrole nitrogens is 1. The molecule has 0 unspecified atom stereocenters. The molecule has 0 saturated carbocycles. The number of fused-ring (bicyclic) bond motifs is 1. The molecule has 1 amide bonds. The number of nitrogens with zero attached hydrogens (tertiary/aromatic N) is 5. The van der Waals surface area contributed by atoms with Gasteiger partial charge in [0, 0.05) is 31.6 Å². The van der Waals surface area contributed by atoms with Crippen LogP contribution in [0.15, 0.2) is 30.7 Å². The zero-order chi connectivity index (χ0) is 17.2. The molecule has 8 nitrogen and oxygen atoms in total. The number of ether oxygens (including phenoxy) is 1. The van der Waals surface area contributed by atoms with Gasteiger partial charge in [-0.15, -0.1) is 0 Å². The van der Waals surface area contributed by atoms with Crippen molar-refractivity contribution in [1.82, 2.24) is 29.5 Å². The van der Waals surface area contributed by atoms with E-state index < -0.39 is 0 Å². The lowest BCUT2D eigenvalue weighted by Crippen LogP contribution is -2.42. The fourth-order valence-electron chi connectivity index (χ4n) is 3.02. The molecular weight excluding hydrogens is 320 g/mol. The highest BCUT2D eigenvalue weighted by molar-refractivity contribution is 5.94. The van der Waals surface area contributed by atoms with E-state index >= 15 is 0 Å². The maximum Gasteiger partial charge on any atom is 0.255 e. The van der Waals surface area contributed by atoms with Gasteiger partial charge in [0.1, 0.15) is 17.6 Å². The normalized spacial score (nSPS) is 18.0. The minimum Gasteiger partial charge on any atom is -0.366 e. The molecule has 0 spiro atoms. The molecule has 1 aliphatic rings. The molecule has 1 fully saturated rings. The van der Waals surface area contributed by atoms with Crippen molar-refractivity contribution in [2.45, 2.75) is 25.9 Å². The summed E-state index contributed by atoms with van der Waals surface area (Å²) in [4.78, 5) is 23.3. The van der Waals surface area contributed by atoms with Gasteiger partial charge in [-0.25, -0.2) is 9.97 Å². The average Bonchev–Trinajstić information content (AvgIpc) is 3.30. The Morgan fingerprint density at radius 1 is 1.44 bits per heavy atom. The van der Waals surface area contributed by atoms with Crippen LogP contribution in [0.5, 0.6) is 0 Å². The first-order valence-corrected chi connectivity index (χ1v) is 8.49. The van der Waals surface area contributed by atoms with Gasteiger partial charge in [-0.2, -0.15) is 5.10 Å². The summed E-state index contributed by atoms with van der Waals surface area (Å²) in [5, 5.41) is 7.19. The molecule has 0 radical (unpaired) electrons. The molecule has 0 aromatic carbocycles. The van der Waals surface area contributed by atoms with Crippen LogP contribution < -0.4 is 0 Å². The number of hydrogen-bond acceptors (Lipinski definition) is 5. The van der Waals surface area contributed by atoms with Crippen molar-refractivity contribution in [2.75, 3.05) is 19.7 Å². The molecule has 25 heavy (non-hydrogen) atoms. The fourth-order valence-corrected chi connectivity index (χ4v) is 3.02. The van der Waals surface area contributed by atoms with E-state index in [0.717, 1.165) is 24.3 Å². The van der Waals surface area contributed by atoms with Crippen LogP contribution in [0, 0.1) is 0 Å². The van der Waals surface area contributed by atoms with E-state index in [9.17, 15) is 4.79 Å². The number of nitrogens with one attached hydrogen (secondary N) is 1. The van der Waals surface area contributed by atoms with Crippen LogP contribution in [0.2, 0.25) is 0 Å². The second-order valence-electron chi connectivity index (χ2n) is 6.11. The predicted octanol–water partition coefficient (Wildman–Crippen LogP) is 1.62. The van der Waals surface area contributed by atoms with E-state index in [-0.39, 0.29) is 12.0 Å². The van der Waals surface area contributed by atoms with Crippen molar-refractivity contribution in [3.63, 3.8) is 0 Å². The highest BCUT2D eigenvalue weighted by Crippen LogP contribution is 2.21. The first-order valence-electron chi connectivity index (χ1n) is 8.49. The van der Waals surface area contributed by atoms with Crippen molar-refractivity contribution < 1.29 is 9.53 Å². The first-order chi connectivity index (χ1) is 12.2. The van der Waals surface area contributed by atoms with Gasteiger partial charge in [0.25, 0.3) is 5.91 Å². The van der Waals surface area contributed by atoms with Gasteiger partial charge < -0.3 is 14.0 Å². The summed E-state index contributed by atoms with van der Waals surface area (Å²) in [5.74, 6) is 1.45. The number of imidazole rings is 1. The number of aryl methyl sites for hydroxylation is 1. The fraction of sp³-hybridized carbons (Fsp3) is 0.412. The van der Waals surface area contributed by atoms with Crippen molar-refractivity contribution in [1.29, 1.82) is 0 Å². The Labute approximate surface area is 144 Å². The average molecular weight is 340 g/mol. The molecule has 1 atom stereocenters. The number of aromatic amines is 1. The summed E-state index contributed by atoms with van der Waals surface area (Å²) >= 11 is 0. The number of pyridine rings is 1. The zero-order valence-corrected chi connectivity index (χ0v) is 14.1. The lowest BCUT2D eigenvalue weighted by atomic mass is 10.2. The molecule has 8 heteroatoms. The standard InChI is InChI=1S/C17H20N6O2/c1-2-3-14-19-16(21-20-14)13-11-23(8-9-25-13)17(24)12-4-5-15-18-6-7-22(15)10-12/h4-7,10,13H,2-3,8-9,11H2,1H3,(H,19,20,21)/t13-/m1/s1. The minimum atomic E-state index is -0.295. The number of amides is 1. The molecular formula is C17H20N6O2. The maximum absolute atomic E-state index is 12.8. The van der Waals surface area contributed by atoms with E-state index in [2.05, 4.69) is 27.1 Å². The smallest absolute Gasteiger partial charge is 0.255 e. The van der Waals surface area contributed by atoms with Crippen LogP contribution >= 0.6 is 0 Å². The number of rotatable bonds is 4. The number of hydrogen-bond donors (Lipinski definition) is 1. The van der Waals surface area contributed by atoms with Crippen LogP contribution in [0.4, 0.5) is 0 Å². The molecule has 4 heterocycles. The lowest BCUT2D eigenvalue weighted by Gasteiger charge is -2.31. The maximum atomic E-state index is 12.8. The third-order valence-corrected chi connectivity index (χ3v) is 4.31. The SMILES string of the molecule is CCCc1nc([C@H]2CN(C(=O)c3ccc4nccn4c3)CCO2)n[nH]1. The molecule has 4 rings (SSSR count). The van der Waals surface area contributed by atoms with Gasteiger partial charge in [-0.05, 0) is 18.6 Å². The van der Waals surface area contributed by atoms with Gasteiger partial charge in [-0.1, -0.05) is 6.92 Å². The minimum absolute atomic E-state index is 0.0202. The summed E-state index contributed by atoms with van der Waals surface area (Å²) in [5.41, 5.74) is 1.45. The van der Waals surface area contributed by atoms with E-state index in [1.165, 1.54) is 0 Å². The summed E-state index contributed by atoms with van der Waals surface area (Å²) in [6.07, 6.45) is 6.91. The molecule has 3 aromatic heterocycles. The molecule has 130 valence electrons. The van der Waals surface area contributed by atoms with E-state index in [4.69, 9.17) is 4.74 Å². The highest BCUT2D eigenvalue weighted by atomic mass is 16.5. The Morgan fingerprint density at radius 3 is 3.24 bits per heavy atom. The van der Waals surface area contributed by atoms with Crippen LogP contribution in [0.25, 0.3) is 5.65 Å². The zero-order valence-electron chi connectivity index (χ0n) is 14.1. The molecule has 0 bridgehead atoms. The number of morpholine rings is 1. The molecule has 1 N–H and O–H groups in total. The van der Waals surface area contributed by atoms with Crippen LogP contribution in [-0.4, -0.2) is 55.1 Å². The Bertz CT molecular complexity index is 886. The monoisotopic (exact) mass is 340 g/mol. The molecule has 3 aromatic rings. The van der Waals surface area contributed by atoms with Crippen molar-refractivity contribution >= 4 is 11.6 Å². The van der Waals surface area contributed by atoms with E-state index in [1.54, 1.807) is 23.4 Å². The summed E-state index contributed by atoms with van der Waals surface area (Å²) in [6, 6.07) is 3.65. The quantitative estimate of drug-likeness (QED) is 0.780. The summed E-state index contributed by atoms with van der Waals surface area (Å²) < 4.78 is 7.62. The van der Waals surface area contributed by atoms with Gasteiger partial charge in [0.2, 0.25) is 0 Å². The topological polar surface area (TPSA) is 88.4 Å². The van der Waals surface area contributed by atoms with Crippen LogP contribution in [0.1, 0.15) is 41.5 Å². The van der Waals surface area contributed by atoms with E-state index in [0.29, 0.717) is 31.1 Å². The van der Waals surface area contributed by atoms with Gasteiger partial charge in [0.05, 0.1) is 18.7 Å². The van der Waals surface area contributed by atoms with E-state index in [1.807, 2.05) is 16.7 Å². The molecule has 1 aliphatic heterocycles. The third-order valence-electron chi connectivity index (χ3n) is 4.31. The van der Waals surface area contributed by atoms with Crippen molar-refractivity contribution in [3.05, 3.63) is 47.9 Å². The number of carbonyl (C=O) groups excluding carboxylic acids is 1. The Balaban J connectivity index is 1.50. The van der Waals surface area contributed by atoms with Crippen LogP contribution in [-0.2, 0) is 11.2 Å².